The minimum atomic E-state index is -2.64. The number of halogens is 1. The molecule has 0 bridgehead atoms. The molecule has 0 aliphatic rings. The first-order valence-electron chi connectivity index (χ1n) is 7.34. The van der Waals surface area contributed by atoms with Crippen LogP contribution in [0.1, 0.15) is 0 Å². The first-order chi connectivity index (χ1) is 11.2. The number of hydrogen-bond donors (Lipinski definition) is 0. The molecule has 3 aromatic rings. The van der Waals surface area contributed by atoms with Gasteiger partial charge in [0.15, 0.2) is 23.9 Å². The highest BCUT2D eigenvalue weighted by molar-refractivity contribution is 7.62. The molecule has 0 aliphatic heterocycles. The fraction of sp³-hybridized carbons (Fsp3) is 0.0526. The number of para-hydroxylation sites is 3. The molecule has 0 N–H and O–H groups in total. The van der Waals surface area contributed by atoms with Crippen molar-refractivity contribution in [2.24, 2.45) is 0 Å². The lowest BCUT2D eigenvalue weighted by atomic mass is 10.3. The van der Waals surface area contributed by atoms with Crippen molar-refractivity contribution in [2.45, 2.75) is 0 Å². The summed E-state index contributed by atoms with van der Waals surface area (Å²) in [4.78, 5) is 0. The summed E-state index contributed by atoms with van der Waals surface area (Å²) >= 11 is 0. The van der Waals surface area contributed by atoms with Crippen LogP contribution in [0.5, 0.6) is 17.2 Å². The van der Waals surface area contributed by atoms with Gasteiger partial charge in [-0.1, -0.05) is 54.6 Å². The van der Waals surface area contributed by atoms with Crippen LogP contribution >= 0.6 is 7.94 Å². The van der Waals surface area contributed by atoms with E-state index in [0.29, 0.717) is 0 Å². The van der Waals surface area contributed by atoms with Crippen LogP contribution in [0.25, 0.3) is 0 Å². The lowest BCUT2D eigenvalue weighted by Gasteiger charge is -2.19. The molecule has 0 unspecified atom stereocenters. The van der Waals surface area contributed by atoms with E-state index < -0.39 is 7.94 Å². The lowest BCUT2D eigenvalue weighted by molar-refractivity contribution is -0.00000764. The monoisotopic (exact) mass is 454 g/mol. The van der Waals surface area contributed by atoms with Gasteiger partial charge < -0.3 is 0 Å². The average Bonchev–Trinajstić information content (AvgIpc) is 2.57. The van der Waals surface area contributed by atoms with Gasteiger partial charge in [-0.3, -0.25) is 13.6 Å². The third kappa shape index (κ3) is 5.39. The molecule has 0 atom stereocenters. The molecular weight excluding hydrogens is 434 g/mol. The molecule has 0 aromatic heterocycles. The van der Waals surface area contributed by atoms with Gasteiger partial charge in [-0.25, -0.2) is 0 Å². The molecule has 5 heteroatoms. The van der Waals surface area contributed by atoms with Crippen LogP contribution in [0, 0.1) is 0 Å². The molecule has 3 nitrogen and oxygen atoms in total. The van der Waals surface area contributed by atoms with Crippen LogP contribution < -0.4 is 37.5 Å². The van der Waals surface area contributed by atoms with Crippen molar-refractivity contribution in [3.8, 4) is 17.2 Å². The Morgan fingerprint density at radius 3 is 1.00 bits per heavy atom. The van der Waals surface area contributed by atoms with Gasteiger partial charge >= 0.3 is 7.94 Å². The lowest BCUT2D eigenvalue weighted by Crippen LogP contribution is -3.00. The van der Waals surface area contributed by atoms with E-state index in [0.717, 1.165) is 17.2 Å². The van der Waals surface area contributed by atoms with E-state index in [9.17, 15) is 0 Å². The zero-order valence-electron chi connectivity index (χ0n) is 13.3. The summed E-state index contributed by atoms with van der Waals surface area (Å²) in [6, 6.07) is 28.7. The largest absolute Gasteiger partial charge is 0.538 e. The van der Waals surface area contributed by atoms with Gasteiger partial charge in [-0.15, -0.1) is 0 Å². The van der Waals surface area contributed by atoms with Crippen molar-refractivity contribution in [3.05, 3.63) is 91.0 Å². The second-order valence-corrected chi connectivity index (χ2v) is 7.07. The van der Waals surface area contributed by atoms with Crippen molar-refractivity contribution in [2.75, 3.05) is 6.66 Å². The second-order valence-electron chi connectivity index (χ2n) is 4.98. The smallest absolute Gasteiger partial charge is 0.272 e. The zero-order valence-corrected chi connectivity index (χ0v) is 16.7. The molecule has 0 aliphatic carbocycles. The maximum atomic E-state index is 6.08. The topological polar surface area (TPSA) is 27.7 Å². The molecule has 0 saturated heterocycles. The summed E-state index contributed by atoms with van der Waals surface area (Å²) in [5, 5.41) is 0. The van der Waals surface area contributed by atoms with Crippen molar-refractivity contribution in [1.82, 2.24) is 0 Å². The van der Waals surface area contributed by atoms with Gasteiger partial charge in [-0.05, 0) is 36.4 Å². The maximum Gasteiger partial charge on any atom is 0.538 e. The zero-order chi connectivity index (χ0) is 16.0. The molecule has 0 radical (unpaired) electrons. The Balaban J connectivity index is 0.00000208. The van der Waals surface area contributed by atoms with Gasteiger partial charge in [0, 0.05) is 0 Å². The molecule has 0 heterocycles. The predicted octanol–water partition coefficient (Wildman–Crippen LogP) is 2.08. The maximum absolute atomic E-state index is 6.08. The van der Waals surface area contributed by atoms with Gasteiger partial charge in [0.05, 0.1) is 0 Å². The molecule has 3 aromatic carbocycles. The van der Waals surface area contributed by atoms with E-state index in [1.165, 1.54) is 0 Å². The van der Waals surface area contributed by atoms with Gasteiger partial charge in [0.1, 0.15) is 0 Å². The first-order valence-corrected chi connectivity index (χ1v) is 9.33. The van der Waals surface area contributed by atoms with Crippen LogP contribution in [0.2, 0.25) is 0 Å². The van der Waals surface area contributed by atoms with Crippen molar-refractivity contribution < 1.29 is 37.5 Å². The third-order valence-corrected chi connectivity index (χ3v) is 4.67. The van der Waals surface area contributed by atoms with Crippen LogP contribution in [-0.4, -0.2) is 6.66 Å². The standard InChI is InChI=1S/C19H18O3P.H2I/c1-23(20-17-11-5-2-6-12-17,21-18-13-7-3-8-14-18)22-19-15-9-4-10-16-19;/h2-16H,1H3;1H2/q2*+1. The quantitative estimate of drug-likeness (QED) is 0.422. The van der Waals surface area contributed by atoms with E-state index in [1.807, 2.05) is 97.7 Å². The third-order valence-electron chi connectivity index (χ3n) is 3.04. The summed E-state index contributed by atoms with van der Waals surface area (Å²) in [6.45, 7) is 1.86. The highest BCUT2D eigenvalue weighted by atomic mass is 127. The fourth-order valence-corrected chi connectivity index (χ4v) is 3.70. The molecule has 24 heavy (non-hydrogen) atoms. The summed E-state index contributed by atoms with van der Waals surface area (Å²) in [5.41, 5.74) is 0. The predicted molar refractivity (Wildman–Crippen MR) is 96.8 cm³/mol. The number of rotatable bonds is 6. The Kier molecular flexibility index (Phi) is 6.88. The van der Waals surface area contributed by atoms with Crippen LogP contribution in [0.4, 0.5) is 0 Å². The Labute approximate surface area is 160 Å². The van der Waals surface area contributed by atoms with Crippen molar-refractivity contribution in [3.63, 3.8) is 0 Å². The molecular formula is C19H20IO3P+2. The molecule has 0 amide bonds. The van der Waals surface area contributed by atoms with Gasteiger partial charge in [0.2, 0.25) is 24.0 Å². The van der Waals surface area contributed by atoms with E-state index >= 15 is 0 Å². The Morgan fingerprint density at radius 2 is 0.750 bits per heavy atom. The van der Waals surface area contributed by atoms with Crippen molar-refractivity contribution >= 4 is 7.94 Å². The van der Waals surface area contributed by atoms with Crippen molar-refractivity contribution in [1.29, 1.82) is 0 Å². The van der Waals surface area contributed by atoms with Crippen LogP contribution in [0.3, 0.4) is 0 Å². The van der Waals surface area contributed by atoms with E-state index in [4.69, 9.17) is 13.6 Å². The highest BCUT2D eigenvalue weighted by Crippen LogP contribution is 2.57. The fourth-order valence-electron chi connectivity index (χ4n) is 2.07. The minimum absolute atomic E-state index is 0. The normalized spacial score (nSPS) is 10.4. The Morgan fingerprint density at radius 1 is 0.500 bits per heavy atom. The average molecular weight is 454 g/mol. The molecule has 0 fully saturated rings. The van der Waals surface area contributed by atoms with E-state index in [-0.39, 0.29) is 24.0 Å². The summed E-state index contributed by atoms with van der Waals surface area (Å²) in [7, 11) is -2.64. The Bertz CT molecular complexity index is 622. The van der Waals surface area contributed by atoms with Gasteiger partial charge in [-0.2, -0.15) is 0 Å². The SMILES string of the molecule is C[P+](Oc1ccccc1)(Oc1ccccc1)Oc1ccccc1.[IH2+]. The Hall–Kier alpha value is -1.78. The molecule has 3 rings (SSSR count). The molecule has 0 saturated carbocycles. The van der Waals surface area contributed by atoms with Crippen LogP contribution in [-0.2, 0) is 0 Å². The summed E-state index contributed by atoms with van der Waals surface area (Å²) in [5.74, 6) is 2.15. The van der Waals surface area contributed by atoms with Gasteiger partial charge in [0.25, 0.3) is 0 Å². The highest BCUT2D eigenvalue weighted by Gasteiger charge is 2.43. The second kappa shape index (κ2) is 8.90. The first kappa shape index (κ1) is 18.6. The molecule has 124 valence electrons. The minimum Gasteiger partial charge on any atom is -0.272 e. The summed E-state index contributed by atoms with van der Waals surface area (Å²) in [6.07, 6.45) is 0. The number of hydrogen-bond acceptors (Lipinski definition) is 3. The van der Waals surface area contributed by atoms with E-state index in [1.54, 1.807) is 0 Å². The number of benzene rings is 3. The van der Waals surface area contributed by atoms with Crippen LogP contribution in [0.15, 0.2) is 91.0 Å². The van der Waals surface area contributed by atoms with E-state index in [2.05, 4.69) is 0 Å². The molecule has 0 spiro atoms. The summed E-state index contributed by atoms with van der Waals surface area (Å²) < 4.78 is 18.2.